The molecule has 2 rings (SSSR count). The second-order valence-electron chi connectivity index (χ2n) is 4.59. The molecule has 20 heavy (non-hydrogen) atoms. The van der Waals surface area contributed by atoms with E-state index < -0.39 is 11.6 Å². The summed E-state index contributed by atoms with van der Waals surface area (Å²) in [5.74, 6) is -1.72. The van der Waals surface area contributed by atoms with Gasteiger partial charge in [0.1, 0.15) is 0 Å². The van der Waals surface area contributed by atoms with Crippen LogP contribution in [0.4, 0.5) is 8.78 Å². The third kappa shape index (κ3) is 4.25. The zero-order valence-corrected chi connectivity index (χ0v) is 12.0. The minimum atomic E-state index is -0.868. The Balaban J connectivity index is 2.01. The summed E-state index contributed by atoms with van der Waals surface area (Å²) in [4.78, 5) is 8.97. The summed E-state index contributed by atoms with van der Waals surface area (Å²) < 4.78 is 25.9. The van der Waals surface area contributed by atoms with E-state index in [0.29, 0.717) is 22.6 Å². The molecule has 0 aliphatic heterocycles. The average molecular weight is 295 g/mol. The van der Waals surface area contributed by atoms with E-state index in [1.54, 1.807) is 12.4 Å². The molecule has 1 aromatic heterocycles. The molecule has 1 aromatic carbocycles. The number of rotatable bonds is 5. The lowest BCUT2D eigenvalue weighted by Gasteiger charge is -2.07. The van der Waals surface area contributed by atoms with Gasteiger partial charge in [0.15, 0.2) is 16.8 Å². The zero-order chi connectivity index (χ0) is 14.5. The highest BCUT2D eigenvalue weighted by Gasteiger charge is 2.06. The van der Waals surface area contributed by atoms with E-state index in [2.05, 4.69) is 29.1 Å². The molecule has 0 radical (unpaired) electrons. The van der Waals surface area contributed by atoms with Gasteiger partial charge in [0.25, 0.3) is 0 Å². The lowest BCUT2D eigenvalue weighted by atomic mass is 10.3. The SMILES string of the molecule is CC(C)NCc1cnc(Sc2ccc(F)c(F)c2)nc1. The Morgan fingerprint density at radius 3 is 2.45 bits per heavy atom. The van der Waals surface area contributed by atoms with Crippen molar-refractivity contribution in [3.63, 3.8) is 0 Å². The molecule has 0 saturated heterocycles. The van der Waals surface area contributed by atoms with Crippen molar-refractivity contribution >= 4 is 11.8 Å². The predicted molar refractivity (Wildman–Crippen MR) is 74.5 cm³/mol. The van der Waals surface area contributed by atoms with Crippen LogP contribution in [0, 0.1) is 11.6 Å². The number of halogens is 2. The molecule has 2 aromatic rings. The van der Waals surface area contributed by atoms with E-state index in [4.69, 9.17) is 0 Å². The smallest absolute Gasteiger partial charge is 0.192 e. The summed E-state index contributed by atoms with van der Waals surface area (Å²) in [6.45, 7) is 4.83. The molecule has 0 spiro atoms. The fourth-order valence-corrected chi connectivity index (χ4v) is 2.17. The maximum Gasteiger partial charge on any atom is 0.192 e. The Bertz CT molecular complexity index is 573. The van der Waals surface area contributed by atoms with Gasteiger partial charge < -0.3 is 5.32 Å². The summed E-state index contributed by atoms with van der Waals surface area (Å²) in [5, 5.41) is 3.77. The molecule has 0 atom stereocenters. The van der Waals surface area contributed by atoms with Crippen molar-refractivity contribution in [2.45, 2.75) is 36.5 Å². The first-order valence-electron chi connectivity index (χ1n) is 6.22. The van der Waals surface area contributed by atoms with Crippen molar-refractivity contribution in [3.8, 4) is 0 Å². The van der Waals surface area contributed by atoms with Crippen LogP contribution in [-0.2, 0) is 6.54 Å². The van der Waals surface area contributed by atoms with E-state index in [-0.39, 0.29) is 0 Å². The largest absolute Gasteiger partial charge is 0.310 e. The van der Waals surface area contributed by atoms with Gasteiger partial charge in [-0.1, -0.05) is 13.8 Å². The molecule has 6 heteroatoms. The summed E-state index contributed by atoms with van der Waals surface area (Å²) in [6.07, 6.45) is 3.45. The molecule has 3 nitrogen and oxygen atoms in total. The second-order valence-corrected chi connectivity index (χ2v) is 5.63. The first-order valence-corrected chi connectivity index (χ1v) is 7.03. The Morgan fingerprint density at radius 2 is 1.85 bits per heavy atom. The molecular weight excluding hydrogens is 280 g/mol. The Kier molecular flexibility index (Phi) is 5.03. The normalized spacial score (nSPS) is 11.1. The van der Waals surface area contributed by atoms with E-state index in [0.717, 1.165) is 17.7 Å². The lowest BCUT2D eigenvalue weighted by Crippen LogP contribution is -2.21. The summed E-state index contributed by atoms with van der Waals surface area (Å²) in [6, 6.07) is 4.13. The van der Waals surface area contributed by atoms with Gasteiger partial charge in [-0.3, -0.25) is 0 Å². The Labute approximate surface area is 120 Å². The van der Waals surface area contributed by atoms with Crippen molar-refractivity contribution in [1.29, 1.82) is 0 Å². The van der Waals surface area contributed by atoms with Crippen molar-refractivity contribution in [3.05, 3.63) is 47.8 Å². The second kappa shape index (κ2) is 6.76. The average Bonchev–Trinajstić information content (AvgIpc) is 2.42. The van der Waals surface area contributed by atoms with Gasteiger partial charge in [-0.05, 0) is 30.0 Å². The van der Waals surface area contributed by atoms with Crippen LogP contribution in [0.1, 0.15) is 19.4 Å². The van der Waals surface area contributed by atoms with Crippen LogP contribution in [-0.4, -0.2) is 16.0 Å². The summed E-state index contributed by atoms with van der Waals surface area (Å²) in [7, 11) is 0. The van der Waals surface area contributed by atoms with Gasteiger partial charge in [0.05, 0.1) is 0 Å². The van der Waals surface area contributed by atoms with Crippen molar-refractivity contribution in [1.82, 2.24) is 15.3 Å². The zero-order valence-electron chi connectivity index (χ0n) is 11.2. The maximum atomic E-state index is 13.1. The van der Waals surface area contributed by atoms with E-state index in [1.807, 2.05) is 0 Å². The summed E-state index contributed by atoms with van der Waals surface area (Å²) >= 11 is 1.19. The molecule has 0 aliphatic carbocycles. The van der Waals surface area contributed by atoms with E-state index in [1.165, 1.54) is 17.8 Å². The molecule has 1 heterocycles. The minimum absolute atomic E-state index is 0.395. The molecule has 106 valence electrons. The molecule has 0 bridgehead atoms. The Hall–Kier alpha value is -1.53. The predicted octanol–water partition coefficient (Wildman–Crippen LogP) is 3.40. The van der Waals surface area contributed by atoms with E-state index in [9.17, 15) is 8.78 Å². The fraction of sp³-hybridized carbons (Fsp3) is 0.286. The summed E-state index contributed by atoms with van der Waals surface area (Å²) in [5.41, 5.74) is 0.980. The first kappa shape index (κ1) is 14.9. The topological polar surface area (TPSA) is 37.8 Å². The van der Waals surface area contributed by atoms with Crippen LogP contribution < -0.4 is 5.32 Å². The quantitative estimate of drug-likeness (QED) is 0.858. The van der Waals surface area contributed by atoms with Gasteiger partial charge in [-0.15, -0.1) is 0 Å². The maximum absolute atomic E-state index is 13.1. The number of hydrogen-bond donors (Lipinski definition) is 1. The van der Waals surface area contributed by atoms with Crippen molar-refractivity contribution in [2.75, 3.05) is 0 Å². The molecule has 0 saturated carbocycles. The van der Waals surface area contributed by atoms with Crippen LogP contribution in [0.15, 0.2) is 40.6 Å². The number of nitrogens with one attached hydrogen (secondary N) is 1. The molecule has 0 fully saturated rings. The molecule has 0 unspecified atom stereocenters. The Morgan fingerprint density at radius 1 is 1.15 bits per heavy atom. The standard InChI is InChI=1S/C14H15F2N3S/c1-9(2)17-6-10-7-18-14(19-8-10)20-11-3-4-12(15)13(16)5-11/h3-5,7-9,17H,6H2,1-2H3. The minimum Gasteiger partial charge on any atom is -0.310 e. The number of benzene rings is 1. The highest BCUT2D eigenvalue weighted by molar-refractivity contribution is 7.99. The molecule has 0 amide bonds. The number of nitrogens with zero attached hydrogens (tertiary/aromatic N) is 2. The van der Waals surface area contributed by atoms with Gasteiger partial charge in [0, 0.05) is 35.4 Å². The van der Waals surface area contributed by atoms with Crippen molar-refractivity contribution in [2.24, 2.45) is 0 Å². The number of aromatic nitrogens is 2. The lowest BCUT2D eigenvalue weighted by molar-refractivity contribution is 0.506. The van der Waals surface area contributed by atoms with Gasteiger partial charge >= 0.3 is 0 Å². The van der Waals surface area contributed by atoms with Crippen LogP contribution in [0.5, 0.6) is 0 Å². The molecule has 1 N–H and O–H groups in total. The van der Waals surface area contributed by atoms with Crippen LogP contribution in [0.2, 0.25) is 0 Å². The molecule has 0 aliphatic rings. The third-order valence-corrected chi connectivity index (χ3v) is 3.38. The van der Waals surface area contributed by atoms with Crippen LogP contribution in [0.3, 0.4) is 0 Å². The number of hydrogen-bond acceptors (Lipinski definition) is 4. The fourth-order valence-electron chi connectivity index (χ4n) is 1.45. The van der Waals surface area contributed by atoms with Crippen LogP contribution in [0.25, 0.3) is 0 Å². The van der Waals surface area contributed by atoms with Gasteiger partial charge in [0.2, 0.25) is 0 Å². The monoisotopic (exact) mass is 295 g/mol. The van der Waals surface area contributed by atoms with Gasteiger partial charge in [-0.25, -0.2) is 18.7 Å². The third-order valence-electron chi connectivity index (χ3n) is 2.50. The molecular formula is C14H15F2N3S. The van der Waals surface area contributed by atoms with Crippen molar-refractivity contribution < 1.29 is 8.78 Å². The van der Waals surface area contributed by atoms with Gasteiger partial charge in [-0.2, -0.15) is 0 Å². The highest BCUT2D eigenvalue weighted by Crippen LogP contribution is 2.25. The van der Waals surface area contributed by atoms with E-state index >= 15 is 0 Å². The highest BCUT2D eigenvalue weighted by atomic mass is 32.2. The van der Waals surface area contributed by atoms with Crippen LogP contribution >= 0.6 is 11.8 Å². The first-order chi connectivity index (χ1) is 9.54.